The van der Waals surface area contributed by atoms with Gasteiger partial charge in [-0.15, -0.1) is 12.4 Å². The van der Waals surface area contributed by atoms with Gasteiger partial charge in [-0.25, -0.2) is 0 Å². The van der Waals surface area contributed by atoms with Gasteiger partial charge in [0, 0.05) is 18.1 Å². The van der Waals surface area contributed by atoms with Crippen LogP contribution in [0.1, 0.15) is 25.7 Å². The average Bonchev–Trinajstić information content (AvgIpc) is 2.91. The third-order valence-corrected chi connectivity index (χ3v) is 4.93. The van der Waals surface area contributed by atoms with Crippen LogP contribution in [0.15, 0.2) is 42.5 Å². The van der Waals surface area contributed by atoms with Gasteiger partial charge in [0.15, 0.2) is 6.61 Å². The van der Waals surface area contributed by atoms with Gasteiger partial charge in [0.2, 0.25) is 0 Å². The summed E-state index contributed by atoms with van der Waals surface area (Å²) in [6.07, 6.45) is 4.56. The monoisotopic (exact) mass is 346 g/mol. The van der Waals surface area contributed by atoms with Crippen molar-refractivity contribution in [2.75, 3.05) is 6.61 Å². The second-order valence-electron chi connectivity index (χ2n) is 6.67. The van der Waals surface area contributed by atoms with E-state index in [1.165, 1.54) is 18.2 Å². The molecule has 2 aliphatic rings. The number of carbonyl (C=O) groups excluding carboxylic acids is 1. The van der Waals surface area contributed by atoms with Crippen molar-refractivity contribution in [2.45, 2.75) is 43.8 Å². The first-order chi connectivity index (χ1) is 11.3. The van der Waals surface area contributed by atoms with Gasteiger partial charge in [0.05, 0.1) is 0 Å². The fourth-order valence-electron chi connectivity index (χ4n) is 3.85. The summed E-state index contributed by atoms with van der Waals surface area (Å²) in [6.45, 7) is 0.0810. The van der Waals surface area contributed by atoms with E-state index in [1.807, 2.05) is 36.4 Å². The highest BCUT2D eigenvalue weighted by Gasteiger charge is 2.33. The van der Waals surface area contributed by atoms with E-state index in [0.29, 0.717) is 18.1 Å². The lowest BCUT2D eigenvalue weighted by Gasteiger charge is -2.29. The van der Waals surface area contributed by atoms with Gasteiger partial charge in [-0.2, -0.15) is 0 Å². The number of carbonyl (C=O) groups is 1. The highest BCUT2D eigenvalue weighted by Crippen LogP contribution is 2.26. The highest BCUT2D eigenvalue weighted by atomic mass is 35.5. The lowest BCUT2D eigenvalue weighted by Crippen LogP contribution is -2.48. The molecule has 2 aromatic carbocycles. The average molecular weight is 347 g/mol. The third kappa shape index (κ3) is 3.82. The molecule has 128 valence electrons. The summed E-state index contributed by atoms with van der Waals surface area (Å²) in [5.41, 5.74) is 0. The third-order valence-electron chi connectivity index (χ3n) is 4.93. The Morgan fingerprint density at radius 1 is 1.08 bits per heavy atom. The van der Waals surface area contributed by atoms with E-state index in [-0.39, 0.29) is 24.9 Å². The zero-order valence-corrected chi connectivity index (χ0v) is 14.4. The number of amides is 1. The maximum Gasteiger partial charge on any atom is 0.258 e. The molecule has 2 heterocycles. The van der Waals surface area contributed by atoms with E-state index in [9.17, 15) is 4.79 Å². The first-order valence-electron chi connectivity index (χ1n) is 8.43. The molecule has 2 bridgehead atoms. The molecule has 4 rings (SSSR count). The molecule has 2 unspecified atom stereocenters. The van der Waals surface area contributed by atoms with Crippen LogP contribution in [0.3, 0.4) is 0 Å². The van der Waals surface area contributed by atoms with E-state index in [4.69, 9.17) is 4.74 Å². The Bertz CT molecular complexity index is 709. The Morgan fingerprint density at radius 3 is 2.54 bits per heavy atom. The molecule has 0 aromatic heterocycles. The molecule has 2 N–H and O–H groups in total. The Kier molecular flexibility index (Phi) is 5.27. The molecule has 1 amide bonds. The van der Waals surface area contributed by atoms with Gasteiger partial charge >= 0.3 is 0 Å². The van der Waals surface area contributed by atoms with E-state index in [1.54, 1.807) is 0 Å². The standard InChI is InChI=1S/C19H22N2O2.ClH/c22-19(21-17-10-15-6-7-16(11-17)20-15)12-23-18-8-5-13-3-1-2-4-14(13)9-18;/h1-5,8-9,15-17,20H,6-7,10-12H2,(H,21,22);1H. The van der Waals surface area contributed by atoms with E-state index < -0.39 is 0 Å². The lowest BCUT2D eigenvalue weighted by molar-refractivity contribution is -0.124. The zero-order chi connectivity index (χ0) is 15.6. The van der Waals surface area contributed by atoms with Crippen molar-refractivity contribution in [2.24, 2.45) is 0 Å². The lowest BCUT2D eigenvalue weighted by atomic mass is 10.00. The summed E-state index contributed by atoms with van der Waals surface area (Å²) in [5.74, 6) is 0.716. The minimum atomic E-state index is -0.0236. The van der Waals surface area contributed by atoms with Crippen molar-refractivity contribution in [1.29, 1.82) is 0 Å². The molecule has 5 heteroatoms. The quantitative estimate of drug-likeness (QED) is 0.894. The van der Waals surface area contributed by atoms with Gasteiger partial charge < -0.3 is 15.4 Å². The van der Waals surface area contributed by atoms with Crippen LogP contribution in [0.2, 0.25) is 0 Å². The van der Waals surface area contributed by atoms with Gasteiger partial charge in [-0.3, -0.25) is 4.79 Å². The van der Waals surface area contributed by atoms with E-state index >= 15 is 0 Å². The summed E-state index contributed by atoms with van der Waals surface area (Å²) in [4.78, 5) is 12.1. The van der Waals surface area contributed by atoms with Crippen LogP contribution in [0.25, 0.3) is 10.8 Å². The highest BCUT2D eigenvalue weighted by molar-refractivity contribution is 5.85. The van der Waals surface area contributed by atoms with Crippen molar-refractivity contribution in [3.05, 3.63) is 42.5 Å². The van der Waals surface area contributed by atoms with Crippen LogP contribution in [0.5, 0.6) is 5.75 Å². The van der Waals surface area contributed by atoms with Crippen molar-refractivity contribution >= 4 is 29.1 Å². The largest absolute Gasteiger partial charge is 0.484 e. The fraction of sp³-hybridized carbons (Fsp3) is 0.421. The predicted octanol–water partition coefficient (Wildman–Crippen LogP) is 3.04. The van der Waals surface area contributed by atoms with Crippen molar-refractivity contribution in [1.82, 2.24) is 10.6 Å². The summed E-state index contributed by atoms with van der Waals surface area (Å²) in [6, 6.07) is 15.5. The maximum atomic E-state index is 12.1. The summed E-state index contributed by atoms with van der Waals surface area (Å²) in [5, 5.41) is 9.01. The SMILES string of the molecule is Cl.O=C(COc1ccc2ccccc2c1)NC1CC2CCC(C1)N2. The Labute approximate surface area is 148 Å². The molecule has 2 atom stereocenters. The number of piperidine rings is 1. The van der Waals surface area contributed by atoms with Crippen LogP contribution < -0.4 is 15.4 Å². The fourth-order valence-corrected chi connectivity index (χ4v) is 3.85. The number of ether oxygens (including phenoxy) is 1. The minimum Gasteiger partial charge on any atom is -0.484 e. The zero-order valence-electron chi connectivity index (χ0n) is 13.5. The number of benzene rings is 2. The van der Waals surface area contributed by atoms with Crippen LogP contribution in [-0.2, 0) is 4.79 Å². The van der Waals surface area contributed by atoms with Crippen molar-refractivity contribution in [3.63, 3.8) is 0 Å². The van der Waals surface area contributed by atoms with Gasteiger partial charge in [0.25, 0.3) is 5.91 Å². The van der Waals surface area contributed by atoms with E-state index in [2.05, 4.69) is 16.7 Å². The number of nitrogens with one attached hydrogen (secondary N) is 2. The van der Waals surface area contributed by atoms with Crippen LogP contribution in [0, 0.1) is 0 Å². The molecular weight excluding hydrogens is 324 g/mol. The first kappa shape index (κ1) is 17.1. The van der Waals surface area contributed by atoms with Gasteiger partial charge in [0.1, 0.15) is 5.75 Å². The summed E-state index contributed by atoms with van der Waals surface area (Å²) < 4.78 is 5.66. The summed E-state index contributed by atoms with van der Waals surface area (Å²) >= 11 is 0. The molecule has 2 aromatic rings. The smallest absolute Gasteiger partial charge is 0.258 e. The van der Waals surface area contributed by atoms with E-state index in [0.717, 1.165) is 24.0 Å². The molecule has 0 aliphatic carbocycles. The molecule has 0 spiro atoms. The molecule has 2 saturated heterocycles. The molecule has 4 nitrogen and oxygen atoms in total. The van der Waals surface area contributed by atoms with Gasteiger partial charge in [-0.05, 0) is 48.6 Å². The molecule has 0 radical (unpaired) electrons. The molecule has 0 saturated carbocycles. The number of fused-ring (bicyclic) bond motifs is 3. The summed E-state index contributed by atoms with van der Waals surface area (Å²) in [7, 11) is 0. The van der Waals surface area contributed by atoms with Gasteiger partial charge in [-0.1, -0.05) is 30.3 Å². The Morgan fingerprint density at radius 2 is 1.79 bits per heavy atom. The maximum absolute atomic E-state index is 12.1. The van der Waals surface area contributed by atoms with Crippen LogP contribution in [-0.4, -0.2) is 30.6 Å². The number of hydrogen-bond donors (Lipinski definition) is 2. The minimum absolute atomic E-state index is 0. The second-order valence-corrected chi connectivity index (χ2v) is 6.67. The normalized spacial score (nSPS) is 25.1. The number of rotatable bonds is 4. The molecule has 24 heavy (non-hydrogen) atoms. The van der Waals surface area contributed by atoms with Crippen LogP contribution >= 0.6 is 12.4 Å². The first-order valence-corrected chi connectivity index (χ1v) is 8.43. The molecule has 2 aliphatic heterocycles. The predicted molar refractivity (Wildman–Crippen MR) is 97.8 cm³/mol. The second kappa shape index (κ2) is 7.41. The number of hydrogen-bond acceptors (Lipinski definition) is 3. The number of halogens is 1. The topological polar surface area (TPSA) is 50.4 Å². The van der Waals surface area contributed by atoms with Crippen molar-refractivity contribution in [3.8, 4) is 5.75 Å². The molecular formula is C19H23ClN2O2. The van der Waals surface area contributed by atoms with Crippen molar-refractivity contribution < 1.29 is 9.53 Å². The van der Waals surface area contributed by atoms with Crippen LogP contribution in [0.4, 0.5) is 0 Å². The molecule has 2 fully saturated rings. The Balaban J connectivity index is 0.00000169. The Hall–Kier alpha value is -1.78.